The van der Waals surface area contributed by atoms with Crippen LogP contribution >= 0.6 is 0 Å². The summed E-state index contributed by atoms with van der Waals surface area (Å²) in [6, 6.07) is -3.43. The molecule has 0 aromatic rings. The molecular weight excluding hydrogens is 406 g/mol. The van der Waals surface area contributed by atoms with Gasteiger partial charge in [-0.05, 0) is 44.6 Å². The molecule has 0 spiro atoms. The van der Waals surface area contributed by atoms with Gasteiger partial charge in [0, 0.05) is 6.54 Å². The minimum atomic E-state index is -1.48. The zero-order valence-corrected chi connectivity index (χ0v) is 18.1. The number of rotatable bonds is 10. The summed E-state index contributed by atoms with van der Waals surface area (Å²) in [6.07, 6.45) is 2.55. The molecule has 11 heteroatoms. The Balaban J connectivity index is 2.07. The molecule has 4 unspecified atom stereocenters. The average Bonchev–Trinajstić information content (AvgIpc) is 3.37. The van der Waals surface area contributed by atoms with Crippen molar-refractivity contribution >= 4 is 29.6 Å². The fourth-order valence-corrected chi connectivity index (χ4v) is 4.04. The molecule has 6 N–H and O–H groups in total. The van der Waals surface area contributed by atoms with Gasteiger partial charge in [-0.15, -0.1) is 0 Å². The predicted octanol–water partition coefficient (Wildman–Crippen LogP) is -1.29. The summed E-state index contributed by atoms with van der Waals surface area (Å²) < 4.78 is 0. The van der Waals surface area contributed by atoms with Crippen molar-refractivity contribution < 1.29 is 29.1 Å². The molecular formula is C20H33N5O6. The van der Waals surface area contributed by atoms with Crippen LogP contribution in [-0.2, 0) is 24.0 Å². The lowest BCUT2D eigenvalue weighted by Gasteiger charge is -2.29. The second kappa shape index (κ2) is 11.1. The maximum atomic E-state index is 13.0. The van der Waals surface area contributed by atoms with E-state index in [1.807, 2.05) is 13.8 Å². The smallest absolute Gasteiger partial charge is 0.326 e. The first-order valence-electron chi connectivity index (χ1n) is 10.8. The number of nitrogens with one attached hydrogen (secondary N) is 3. The molecule has 2 aliphatic heterocycles. The Hall–Kier alpha value is -2.69. The predicted molar refractivity (Wildman–Crippen MR) is 111 cm³/mol. The molecule has 2 aliphatic rings. The normalized spacial score (nSPS) is 22.7. The van der Waals surface area contributed by atoms with Gasteiger partial charge < -0.3 is 31.7 Å². The monoisotopic (exact) mass is 439 g/mol. The first-order valence-corrected chi connectivity index (χ1v) is 10.8. The van der Waals surface area contributed by atoms with Gasteiger partial charge in [-0.3, -0.25) is 19.2 Å². The van der Waals surface area contributed by atoms with Crippen molar-refractivity contribution in [2.24, 2.45) is 11.7 Å². The highest BCUT2D eigenvalue weighted by Gasteiger charge is 2.39. The third kappa shape index (κ3) is 6.91. The second-order valence-corrected chi connectivity index (χ2v) is 8.60. The molecule has 11 nitrogen and oxygen atoms in total. The number of carboxylic acid groups (broad SMARTS) is 1. The summed E-state index contributed by atoms with van der Waals surface area (Å²) in [7, 11) is 0. The van der Waals surface area contributed by atoms with Gasteiger partial charge in [0.05, 0.1) is 12.5 Å². The highest BCUT2D eigenvalue weighted by Crippen LogP contribution is 2.21. The van der Waals surface area contributed by atoms with Crippen molar-refractivity contribution in [3.05, 3.63) is 0 Å². The molecule has 2 rings (SSSR count). The van der Waals surface area contributed by atoms with Gasteiger partial charge in [-0.1, -0.05) is 13.8 Å². The zero-order valence-electron chi connectivity index (χ0n) is 18.1. The number of hydrogen-bond acceptors (Lipinski definition) is 6. The van der Waals surface area contributed by atoms with Gasteiger partial charge in [-0.25, -0.2) is 4.79 Å². The highest BCUT2D eigenvalue weighted by molar-refractivity contribution is 5.95. The minimum Gasteiger partial charge on any atom is -0.480 e. The molecule has 2 saturated heterocycles. The van der Waals surface area contributed by atoms with Crippen molar-refractivity contribution in [3.8, 4) is 0 Å². The van der Waals surface area contributed by atoms with Crippen molar-refractivity contribution in [1.29, 1.82) is 0 Å². The van der Waals surface area contributed by atoms with Crippen molar-refractivity contribution in [3.63, 3.8) is 0 Å². The van der Waals surface area contributed by atoms with Gasteiger partial charge in [0.2, 0.25) is 23.6 Å². The fourth-order valence-electron chi connectivity index (χ4n) is 4.04. The number of carboxylic acids is 1. The Bertz CT molecular complexity index is 706. The summed E-state index contributed by atoms with van der Waals surface area (Å²) in [5.41, 5.74) is 5.06. The van der Waals surface area contributed by atoms with Crippen LogP contribution in [-0.4, -0.2) is 76.9 Å². The number of nitrogens with zero attached hydrogens (tertiary/aromatic N) is 1. The van der Waals surface area contributed by atoms with E-state index in [1.54, 1.807) is 4.90 Å². The van der Waals surface area contributed by atoms with Crippen LogP contribution in [0.4, 0.5) is 0 Å². The van der Waals surface area contributed by atoms with Crippen LogP contribution in [0.3, 0.4) is 0 Å². The van der Waals surface area contributed by atoms with E-state index >= 15 is 0 Å². The van der Waals surface area contributed by atoms with Crippen LogP contribution in [0.1, 0.15) is 52.4 Å². The first kappa shape index (κ1) is 24.6. The van der Waals surface area contributed by atoms with Gasteiger partial charge in [0.15, 0.2) is 0 Å². The van der Waals surface area contributed by atoms with E-state index in [0.717, 1.165) is 19.4 Å². The number of nitrogens with two attached hydrogens (primary N) is 1. The zero-order chi connectivity index (χ0) is 23.1. The molecule has 0 aliphatic carbocycles. The number of carbonyl (C=O) groups is 5. The fraction of sp³-hybridized carbons (Fsp3) is 0.750. The lowest BCUT2D eigenvalue weighted by atomic mass is 10.0. The molecule has 2 heterocycles. The van der Waals surface area contributed by atoms with Gasteiger partial charge in [-0.2, -0.15) is 0 Å². The quantitative estimate of drug-likeness (QED) is 0.282. The Morgan fingerprint density at radius 2 is 1.81 bits per heavy atom. The SMILES string of the molecule is CC(C)CC(NC(=O)C1CCCN1C(=O)C1CCCN1)C(=O)NC(CC(N)=O)C(=O)O. The summed E-state index contributed by atoms with van der Waals surface area (Å²) in [5.74, 6) is -3.47. The van der Waals surface area contributed by atoms with E-state index in [1.165, 1.54) is 0 Å². The maximum Gasteiger partial charge on any atom is 0.326 e. The van der Waals surface area contributed by atoms with Gasteiger partial charge in [0.25, 0.3) is 0 Å². The largest absolute Gasteiger partial charge is 0.480 e. The minimum absolute atomic E-state index is 0.0273. The number of amides is 4. The van der Waals surface area contributed by atoms with E-state index < -0.39 is 48.2 Å². The molecule has 174 valence electrons. The van der Waals surface area contributed by atoms with E-state index in [-0.39, 0.29) is 24.3 Å². The Kier molecular flexibility index (Phi) is 8.78. The number of hydrogen-bond donors (Lipinski definition) is 5. The summed E-state index contributed by atoms with van der Waals surface area (Å²) >= 11 is 0. The molecule has 0 aromatic heterocycles. The van der Waals surface area contributed by atoms with Crippen LogP contribution in [0.25, 0.3) is 0 Å². The first-order chi connectivity index (χ1) is 14.6. The molecule has 0 saturated carbocycles. The van der Waals surface area contributed by atoms with Crippen LogP contribution in [0.2, 0.25) is 0 Å². The van der Waals surface area contributed by atoms with Gasteiger partial charge >= 0.3 is 5.97 Å². The Labute approximate surface area is 181 Å². The van der Waals surface area contributed by atoms with Crippen molar-refractivity contribution in [2.45, 2.75) is 76.5 Å². The van der Waals surface area contributed by atoms with E-state index in [2.05, 4.69) is 16.0 Å². The second-order valence-electron chi connectivity index (χ2n) is 8.60. The lowest BCUT2D eigenvalue weighted by molar-refractivity contribution is -0.144. The molecule has 4 atom stereocenters. The van der Waals surface area contributed by atoms with Gasteiger partial charge in [0.1, 0.15) is 18.1 Å². The molecule has 31 heavy (non-hydrogen) atoms. The molecule has 0 bridgehead atoms. The standard InChI is InChI=1S/C20H33N5O6/c1-11(2)9-13(17(27)24-14(20(30)31)10-16(21)26)23-18(28)15-6-4-8-25(15)19(29)12-5-3-7-22-12/h11-15,22H,3-10H2,1-2H3,(H2,21,26)(H,23,28)(H,24,27)(H,30,31). The summed E-state index contributed by atoms with van der Waals surface area (Å²) in [5, 5.41) is 17.3. The van der Waals surface area contributed by atoms with Crippen molar-refractivity contribution in [1.82, 2.24) is 20.9 Å². The van der Waals surface area contributed by atoms with Crippen LogP contribution in [0.5, 0.6) is 0 Å². The third-order valence-electron chi connectivity index (χ3n) is 5.56. The lowest BCUT2D eigenvalue weighted by Crippen LogP contribution is -2.57. The number of carbonyl (C=O) groups excluding carboxylic acids is 4. The van der Waals surface area contributed by atoms with E-state index in [0.29, 0.717) is 19.4 Å². The topological polar surface area (TPSA) is 171 Å². The van der Waals surface area contributed by atoms with E-state index in [4.69, 9.17) is 5.73 Å². The van der Waals surface area contributed by atoms with Crippen LogP contribution in [0.15, 0.2) is 0 Å². The third-order valence-corrected chi connectivity index (χ3v) is 5.56. The Morgan fingerprint density at radius 1 is 1.10 bits per heavy atom. The number of aliphatic carboxylic acids is 1. The van der Waals surface area contributed by atoms with Crippen molar-refractivity contribution in [2.75, 3.05) is 13.1 Å². The van der Waals surface area contributed by atoms with E-state index in [9.17, 15) is 29.1 Å². The molecule has 0 radical (unpaired) electrons. The van der Waals surface area contributed by atoms with Crippen LogP contribution < -0.4 is 21.7 Å². The Morgan fingerprint density at radius 3 is 2.35 bits per heavy atom. The summed E-state index contributed by atoms with van der Waals surface area (Å²) in [6.45, 7) is 4.98. The highest BCUT2D eigenvalue weighted by atomic mass is 16.4. The molecule has 2 fully saturated rings. The summed E-state index contributed by atoms with van der Waals surface area (Å²) in [4.78, 5) is 62.5. The molecule has 0 aromatic carbocycles. The number of likely N-dealkylation sites (tertiary alicyclic amines) is 1. The van der Waals surface area contributed by atoms with Crippen LogP contribution in [0, 0.1) is 5.92 Å². The number of primary amides is 1. The molecule has 4 amide bonds. The maximum absolute atomic E-state index is 13.0. The average molecular weight is 440 g/mol.